The molecule has 1 atom stereocenters. The molecule has 1 saturated heterocycles. The highest BCUT2D eigenvalue weighted by Gasteiger charge is 2.23. The van der Waals surface area contributed by atoms with Gasteiger partial charge in [-0.15, -0.1) is 0 Å². The van der Waals surface area contributed by atoms with E-state index >= 15 is 0 Å². The predicted molar refractivity (Wildman–Crippen MR) is 93.8 cm³/mol. The fourth-order valence-electron chi connectivity index (χ4n) is 2.55. The van der Waals surface area contributed by atoms with E-state index in [0.717, 1.165) is 5.56 Å². The van der Waals surface area contributed by atoms with Crippen molar-refractivity contribution in [3.63, 3.8) is 0 Å². The molecule has 2 N–H and O–H groups in total. The van der Waals surface area contributed by atoms with Gasteiger partial charge in [0, 0.05) is 6.61 Å². The maximum Gasteiger partial charge on any atom is 0.243 e. The molecule has 0 spiro atoms. The second-order valence-corrected chi connectivity index (χ2v) is 7.97. The number of carbonyl (C=O) groups is 1. The molecule has 0 radical (unpaired) electrons. The molecule has 1 aliphatic heterocycles. The first-order chi connectivity index (χ1) is 12.0. The first-order valence-electron chi connectivity index (χ1n) is 8.02. The number of aryl methyl sites for hydroxylation is 1. The van der Waals surface area contributed by atoms with Gasteiger partial charge in [0.25, 0.3) is 0 Å². The van der Waals surface area contributed by atoms with Crippen molar-refractivity contribution in [2.75, 3.05) is 18.6 Å². The maximum atomic E-state index is 12.6. The quantitative estimate of drug-likeness (QED) is 0.800. The minimum atomic E-state index is -3.55. The maximum absolute atomic E-state index is 12.6. The summed E-state index contributed by atoms with van der Waals surface area (Å²) in [5.41, 5.74) is 7.02. The van der Waals surface area contributed by atoms with Gasteiger partial charge in [0.05, 0.1) is 28.0 Å². The summed E-state index contributed by atoms with van der Waals surface area (Å²) in [5, 5.41) is 0. The van der Waals surface area contributed by atoms with Crippen molar-refractivity contribution in [3.05, 3.63) is 54.1 Å². The van der Waals surface area contributed by atoms with Crippen LogP contribution in [0.4, 0.5) is 5.69 Å². The van der Waals surface area contributed by atoms with E-state index in [1.807, 2.05) is 6.92 Å². The Morgan fingerprint density at radius 3 is 2.20 bits per heavy atom. The van der Waals surface area contributed by atoms with Crippen molar-refractivity contribution in [1.82, 2.24) is 5.43 Å². The Hall–Kier alpha value is -2.38. The van der Waals surface area contributed by atoms with Crippen LogP contribution in [0.2, 0.25) is 0 Å². The third kappa shape index (κ3) is 4.00. The van der Waals surface area contributed by atoms with Crippen LogP contribution in [0.25, 0.3) is 0 Å². The Bertz CT molecular complexity index is 840. The fourth-order valence-corrected chi connectivity index (χ4v) is 3.81. The molecule has 3 rings (SSSR count). The van der Waals surface area contributed by atoms with Gasteiger partial charge in [-0.1, -0.05) is 17.7 Å². The van der Waals surface area contributed by atoms with Crippen LogP contribution in [0, 0.1) is 12.8 Å². The highest BCUT2D eigenvalue weighted by Crippen LogP contribution is 2.22. The molecule has 2 aromatic rings. The monoisotopic (exact) mass is 360 g/mol. The van der Waals surface area contributed by atoms with Crippen molar-refractivity contribution in [1.29, 1.82) is 0 Å². The highest BCUT2D eigenvalue weighted by molar-refractivity contribution is 7.91. The number of amides is 1. The topological polar surface area (TPSA) is 84.5 Å². The van der Waals surface area contributed by atoms with Crippen LogP contribution in [-0.2, 0) is 19.4 Å². The average Bonchev–Trinajstić information content (AvgIpc) is 3.15. The normalized spacial score (nSPS) is 17.2. The van der Waals surface area contributed by atoms with Crippen LogP contribution in [0.3, 0.4) is 0 Å². The number of hydrogen-bond donors (Lipinski definition) is 2. The first kappa shape index (κ1) is 17.4. The zero-order valence-electron chi connectivity index (χ0n) is 13.9. The van der Waals surface area contributed by atoms with Gasteiger partial charge >= 0.3 is 0 Å². The van der Waals surface area contributed by atoms with Gasteiger partial charge in [-0.25, -0.2) is 8.42 Å². The molecule has 7 heteroatoms. The zero-order chi connectivity index (χ0) is 17.9. The highest BCUT2D eigenvalue weighted by atomic mass is 32.2. The van der Waals surface area contributed by atoms with E-state index in [1.165, 1.54) is 12.1 Å². The predicted octanol–water partition coefficient (Wildman–Crippen LogP) is 2.31. The standard InChI is InChI=1S/C18H20N2O4S/c1-13-2-6-16(7-3-13)25(22,23)17-8-4-15(5-9-17)19-20-18(21)14-10-11-24-12-14/h2-9,14,19H,10-12H2,1H3,(H,20,21). The van der Waals surface area contributed by atoms with Gasteiger partial charge in [-0.05, 0) is 49.7 Å². The van der Waals surface area contributed by atoms with Crippen molar-refractivity contribution in [2.45, 2.75) is 23.1 Å². The largest absolute Gasteiger partial charge is 0.381 e. The second-order valence-electron chi connectivity index (χ2n) is 6.02. The van der Waals surface area contributed by atoms with Gasteiger partial charge < -0.3 is 4.74 Å². The van der Waals surface area contributed by atoms with Crippen molar-refractivity contribution < 1.29 is 17.9 Å². The van der Waals surface area contributed by atoms with Gasteiger partial charge in [0.1, 0.15) is 0 Å². The Balaban J connectivity index is 1.67. The average molecular weight is 360 g/mol. The van der Waals surface area contributed by atoms with Crippen molar-refractivity contribution >= 4 is 21.4 Å². The van der Waals surface area contributed by atoms with Crippen LogP contribution in [-0.4, -0.2) is 27.5 Å². The number of rotatable bonds is 5. The molecule has 25 heavy (non-hydrogen) atoms. The Labute approximate surface area is 147 Å². The smallest absolute Gasteiger partial charge is 0.243 e. The van der Waals surface area contributed by atoms with Crippen molar-refractivity contribution in [3.8, 4) is 0 Å². The third-order valence-electron chi connectivity index (χ3n) is 4.13. The van der Waals surface area contributed by atoms with E-state index in [0.29, 0.717) is 25.3 Å². The number of anilines is 1. The molecule has 1 heterocycles. The van der Waals surface area contributed by atoms with Gasteiger partial charge in [0.15, 0.2) is 0 Å². The van der Waals surface area contributed by atoms with Gasteiger partial charge in [-0.3, -0.25) is 15.6 Å². The summed E-state index contributed by atoms with van der Waals surface area (Å²) in [7, 11) is -3.55. The molecule has 0 bridgehead atoms. The van der Waals surface area contributed by atoms with Crippen LogP contribution in [0.15, 0.2) is 58.3 Å². The third-order valence-corrected chi connectivity index (χ3v) is 5.91. The molecule has 1 unspecified atom stereocenters. The summed E-state index contributed by atoms with van der Waals surface area (Å²) >= 11 is 0. The summed E-state index contributed by atoms with van der Waals surface area (Å²) in [4.78, 5) is 12.4. The van der Waals surface area contributed by atoms with E-state index < -0.39 is 9.84 Å². The lowest BCUT2D eigenvalue weighted by Gasteiger charge is -2.12. The molecule has 0 aliphatic carbocycles. The zero-order valence-corrected chi connectivity index (χ0v) is 14.7. The Morgan fingerprint density at radius 2 is 1.64 bits per heavy atom. The van der Waals surface area contributed by atoms with E-state index in [-0.39, 0.29) is 21.6 Å². The lowest BCUT2D eigenvalue weighted by molar-refractivity contribution is -0.124. The summed E-state index contributed by atoms with van der Waals surface area (Å²) in [6.07, 6.45) is 0.710. The molecular weight excluding hydrogens is 340 g/mol. The Morgan fingerprint density at radius 1 is 1.04 bits per heavy atom. The van der Waals surface area contributed by atoms with E-state index in [1.54, 1.807) is 36.4 Å². The van der Waals surface area contributed by atoms with Crippen LogP contribution < -0.4 is 10.9 Å². The number of carbonyl (C=O) groups excluding carboxylic acids is 1. The number of benzene rings is 2. The molecular formula is C18H20N2O4S. The minimum absolute atomic E-state index is 0.131. The Kier molecular flexibility index (Phi) is 5.06. The molecule has 1 fully saturated rings. The number of nitrogens with one attached hydrogen (secondary N) is 2. The molecule has 6 nitrogen and oxygen atoms in total. The summed E-state index contributed by atoms with van der Waals surface area (Å²) in [5.74, 6) is -0.275. The molecule has 0 aromatic heterocycles. The molecule has 2 aromatic carbocycles. The van der Waals surface area contributed by atoms with Crippen LogP contribution in [0.5, 0.6) is 0 Å². The van der Waals surface area contributed by atoms with Crippen molar-refractivity contribution in [2.24, 2.45) is 5.92 Å². The molecule has 0 saturated carbocycles. The van der Waals surface area contributed by atoms with E-state index in [4.69, 9.17) is 4.74 Å². The lowest BCUT2D eigenvalue weighted by Crippen LogP contribution is -2.35. The van der Waals surface area contributed by atoms with Gasteiger partial charge in [-0.2, -0.15) is 0 Å². The molecule has 1 aliphatic rings. The second kappa shape index (κ2) is 7.25. The number of hydrogen-bond acceptors (Lipinski definition) is 5. The first-order valence-corrected chi connectivity index (χ1v) is 9.50. The summed E-state index contributed by atoms with van der Waals surface area (Å²) < 4.78 is 30.4. The van der Waals surface area contributed by atoms with E-state index in [9.17, 15) is 13.2 Å². The SMILES string of the molecule is Cc1ccc(S(=O)(=O)c2ccc(NNC(=O)C3CCOC3)cc2)cc1. The van der Waals surface area contributed by atoms with Gasteiger partial charge in [0.2, 0.25) is 15.7 Å². The van der Waals surface area contributed by atoms with Crippen LogP contribution in [0.1, 0.15) is 12.0 Å². The summed E-state index contributed by atoms with van der Waals surface area (Å²) in [6.45, 7) is 2.94. The summed E-state index contributed by atoms with van der Waals surface area (Å²) in [6, 6.07) is 13.0. The number of ether oxygens (including phenoxy) is 1. The van der Waals surface area contributed by atoms with Crippen LogP contribution >= 0.6 is 0 Å². The fraction of sp³-hybridized carbons (Fsp3) is 0.278. The number of hydrazine groups is 1. The minimum Gasteiger partial charge on any atom is -0.381 e. The molecule has 1 amide bonds. The number of sulfone groups is 1. The van der Waals surface area contributed by atoms with E-state index in [2.05, 4.69) is 10.9 Å². The molecule has 132 valence electrons. The lowest BCUT2D eigenvalue weighted by atomic mass is 10.1.